The molecule has 0 bridgehead atoms. The largest absolute Gasteiger partial charge is 0.456 e. The number of tetrazole rings is 1. The Morgan fingerprint density at radius 1 is 0.694 bits per heavy atom. The first kappa shape index (κ1) is 30.3. The Balaban J connectivity index is 1.30. The van der Waals surface area contributed by atoms with Crippen molar-refractivity contribution in [1.29, 1.82) is 0 Å². The number of furan rings is 1. The first-order chi connectivity index (χ1) is 24.1. The summed E-state index contributed by atoms with van der Waals surface area (Å²) >= 11 is 0. The van der Waals surface area contributed by atoms with Crippen molar-refractivity contribution in [3.05, 3.63) is 179 Å². The van der Waals surface area contributed by atoms with Crippen LogP contribution in [0, 0.1) is 13.8 Å². The van der Waals surface area contributed by atoms with Gasteiger partial charge in [-0.05, 0) is 64.2 Å². The van der Waals surface area contributed by atoms with Crippen LogP contribution < -0.4 is 0 Å². The molecule has 0 saturated carbocycles. The van der Waals surface area contributed by atoms with Crippen molar-refractivity contribution in [2.75, 3.05) is 0 Å². The zero-order valence-corrected chi connectivity index (χ0v) is 27.8. The van der Waals surface area contributed by atoms with Gasteiger partial charge in [-0.25, -0.2) is 9.67 Å². The maximum atomic E-state index is 6.66. The Hall–Kier alpha value is -6.08. The summed E-state index contributed by atoms with van der Waals surface area (Å²) < 4.78 is 10.9. The molecule has 0 saturated heterocycles. The van der Waals surface area contributed by atoms with E-state index < -0.39 is 5.54 Å². The van der Waals surface area contributed by atoms with Crippen LogP contribution in [0.25, 0.3) is 33.7 Å². The summed E-state index contributed by atoms with van der Waals surface area (Å²) in [7, 11) is 0. The predicted octanol–water partition coefficient (Wildman–Crippen LogP) is 9.02. The minimum atomic E-state index is -0.863. The molecule has 8 aromatic rings. The molecule has 0 radical (unpaired) electrons. The highest BCUT2D eigenvalue weighted by Gasteiger charge is 2.42. The number of rotatable bonds is 9. The van der Waals surface area contributed by atoms with Crippen LogP contribution in [0.2, 0.25) is 0 Å². The average molecular weight is 641 g/mol. The molecular weight excluding hydrogens is 605 g/mol. The minimum absolute atomic E-state index is 0.632. The third-order valence-electron chi connectivity index (χ3n) is 9.31. The van der Waals surface area contributed by atoms with Gasteiger partial charge in [-0.15, -0.1) is 5.10 Å². The van der Waals surface area contributed by atoms with Gasteiger partial charge in [-0.1, -0.05) is 128 Å². The maximum Gasteiger partial charge on any atom is 0.184 e. The number of hydrogen-bond acceptors (Lipinski definition) is 5. The molecular formula is C42H36N6O. The van der Waals surface area contributed by atoms with Gasteiger partial charge in [0.25, 0.3) is 0 Å². The molecule has 0 unspecified atom stereocenters. The van der Waals surface area contributed by atoms with Crippen LogP contribution in [0.5, 0.6) is 0 Å². The molecule has 0 aliphatic carbocycles. The van der Waals surface area contributed by atoms with E-state index >= 15 is 0 Å². The van der Waals surface area contributed by atoms with Crippen LogP contribution >= 0.6 is 0 Å². The minimum Gasteiger partial charge on any atom is -0.456 e. The molecule has 0 amide bonds. The van der Waals surface area contributed by atoms with Gasteiger partial charge in [0.15, 0.2) is 5.82 Å². The Kier molecular flexibility index (Phi) is 7.72. The number of fused-ring (bicyclic) bond motifs is 1. The van der Waals surface area contributed by atoms with E-state index in [4.69, 9.17) is 19.7 Å². The molecule has 0 aliphatic rings. The zero-order chi connectivity index (χ0) is 33.4. The van der Waals surface area contributed by atoms with Crippen LogP contribution in [0.3, 0.4) is 0 Å². The number of hydrogen-bond donors (Lipinski definition) is 0. The van der Waals surface area contributed by atoms with E-state index in [0.717, 1.165) is 74.6 Å². The quantitative estimate of drug-likeness (QED) is 0.147. The van der Waals surface area contributed by atoms with Crippen molar-refractivity contribution in [3.8, 4) is 22.7 Å². The lowest BCUT2D eigenvalue weighted by Gasteiger charge is -2.36. The fourth-order valence-electron chi connectivity index (χ4n) is 7.22. The summed E-state index contributed by atoms with van der Waals surface area (Å²) in [6.07, 6.45) is 3.02. The first-order valence-corrected chi connectivity index (χ1v) is 16.7. The van der Waals surface area contributed by atoms with Gasteiger partial charge in [0.05, 0.1) is 5.69 Å². The van der Waals surface area contributed by atoms with E-state index in [2.05, 4.69) is 133 Å². The van der Waals surface area contributed by atoms with Gasteiger partial charge in [0.2, 0.25) is 0 Å². The second-order valence-corrected chi connectivity index (χ2v) is 12.5. The first-order valence-electron chi connectivity index (χ1n) is 16.7. The lowest BCUT2D eigenvalue weighted by atomic mass is 9.77. The van der Waals surface area contributed by atoms with E-state index in [9.17, 15) is 0 Å². The van der Waals surface area contributed by atoms with Crippen molar-refractivity contribution in [3.63, 3.8) is 0 Å². The van der Waals surface area contributed by atoms with Crippen LogP contribution in [-0.2, 0) is 18.5 Å². The Morgan fingerprint density at radius 3 is 1.90 bits per heavy atom. The summed E-state index contributed by atoms with van der Waals surface area (Å²) in [4.78, 5) is 4.70. The summed E-state index contributed by atoms with van der Waals surface area (Å²) in [6, 6.07) is 46.2. The SMILES string of the molecule is CCc1nc(C)cn1Cc1cc(C)c2oc(-c3ccccc3-c3nnnn3C(c3ccccc3)(c3ccccc3)c3ccccc3)cc2c1. The summed E-state index contributed by atoms with van der Waals surface area (Å²) in [5.74, 6) is 2.48. The molecule has 0 fully saturated rings. The average Bonchev–Trinajstić information content (AvgIpc) is 3.89. The molecule has 3 aromatic heterocycles. The van der Waals surface area contributed by atoms with Crippen LogP contribution in [-0.4, -0.2) is 29.8 Å². The topological polar surface area (TPSA) is 74.6 Å². The van der Waals surface area contributed by atoms with E-state index in [1.54, 1.807) is 0 Å². The van der Waals surface area contributed by atoms with E-state index in [1.807, 2.05) is 41.9 Å². The molecule has 0 spiro atoms. The number of imidazole rings is 1. The van der Waals surface area contributed by atoms with E-state index in [1.165, 1.54) is 5.56 Å². The number of aromatic nitrogens is 6. The number of nitrogens with zero attached hydrogens (tertiary/aromatic N) is 6. The predicted molar refractivity (Wildman–Crippen MR) is 193 cm³/mol. The van der Waals surface area contributed by atoms with Crippen LogP contribution in [0.1, 0.15) is 46.3 Å². The molecule has 0 aliphatic heterocycles. The van der Waals surface area contributed by atoms with Gasteiger partial charge >= 0.3 is 0 Å². The number of aryl methyl sites for hydroxylation is 3. The van der Waals surface area contributed by atoms with E-state index in [0.29, 0.717) is 5.82 Å². The van der Waals surface area contributed by atoms with Gasteiger partial charge in [0, 0.05) is 35.7 Å². The van der Waals surface area contributed by atoms with Crippen LogP contribution in [0.4, 0.5) is 0 Å². The highest BCUT2D eigenvalue weighted by Crippen LogP contribution is 2.44. The van der Waals surface area contributed by atoms with Crippen molar-refractivity contribution in [2.24, 2.45) is 0 Å². The third-order valence-corrected chi connectivity index (χ3v) is 9.31. The van der Waals surface area contributed by atoms with Crippen molar-refractivity contribution in [2.45, 2.75) is 39.3 Å². The van der Waals surface area contributed by atoms with Crippen molar-refractivity contribution >= 4 is 11.0 Å². The molecule has 8 rings (SSSR count). The monoisotopic (exact) mass is 640 g/mol. The van der Waals surface area contributed by atoms with Gasteiger partial charge < -0.3 is 8.98 Å². The molecule has 7 heteroatoms. The molecule has 0 atom stereocenters. The lowest BCUT2D eigenvalue weighted by molar-refractivity contribution is 0.451. The third kappa shape index (κ3) is 5.24. The van der Waals surface area contributed by atoms with E-state index in [-0.39, 0.29) is 0 Å². The molecule has 7 nitrogen and oxygen atoms in total. The maximum absolute atomic E-state index is 6.66. The smallest absolute Gasteiger partial charge is 0.184 e. The fourth-order valence-corrected chi connectivity index (χ4v) is 7.22. The van der Waals surface area contributed by atoms with Gasteiger partial charge in [-0.2, -0.15) is 0 Å². The standard InChI is InChI=1S/C42H36N6O/c1-4-39-43-30(3)27-47(39)28-31-24-29(2)40-32(25-31)26-38(49-40)36-22-14-15-23-37(36)41-44-45-46-48(41)42(33-16-8-5-9-17-33,34-18-10-6-11-19-34)35-20-12-7-13-21-35/h5-27H,4,28H2,1-3H3. The molecule has 49 heavy (non-hydrogen) atoms. The summed E-state index contributed by atoms with van der Waals surface area (Å²) in [6.45, 7) is 7.06. The Labute approximate surface area is 285 Å². The Bertz CT molecular complexity index is 2270. The molecule has 240 valence electrons. The second-order valence-electron chi connectivity index (χ2n) is 12.5. The van der Waals surface area contributed by atoms with Gasteiger partial charge in [0.1, 0.15) is 22.7 Å². The zero-order valence-electron chi connectivity index (χ0n) is 27.8. The highest BCUT2D eigenvalue weighted by molar-refractivity contribution is 5.89. The Morgan fingerprint density at radius 2 is 1.29 bits per heavy atom. The highest BCUT2D eigenvalue weighted by atomic mass is 16.3. The summed E-state index contributed by atoms with van der Waals surface area (Å²) in [5.41, 5.74) is 8.27. The lowest BCUT2D eigenvalue weighted by Crippen LogP contribution is -2.39. The van der Waals surface area contributed by atoms with Crippen LogP contribution in [0.15, 0.2) is 144 Å². The normalized spacial score (nSPS) is 11.7. The second kappa shape index (κ2) is 12.5. The van der Waals surface area contributed by atoms with Gasteiger partial charge in [-0.3, -0.25) is 0 Å². The summed E-state index contributed by atoms with van der Waals surface area (Å²) in [5, 5.41) is 14.9. The van der Waals surface area contributed by atoms with Crippen molar-refractivity contribution in [1.82, 2.24) is 29.8 Å². The molecule has 5 aromatic carbocycles. The number of benzene rings is 5. The molecule has 0 N–H and O–H groups in total. The van der Waals surface area contributed by atoms with Crippen molar-refractivity contribution < 1.29 is 4.42 Å². The molecule has 3 heterocycles. The fraction of sp³-hybridized carbons (Fsp3) is 0.143.